The zero-order chi connectivity index (χ0) is 36.3. The van der Waals surface area contributed by atoms with Crippen molar-refractivity contribution < 1.29 is 4.42 Å². The number of para-hydroxylation sites is 2. The van der Waals surface area contributed by atoms with Gasteiger partial charge in [-0.05, 0) is 99.3 Å². The van der Waals surface area contributed by atoms with Gasteiger partial charge in [-0.25, -0.2) is 0 Å². The lowest BCUT2D eigenvalue weighted by Crippen LogP contribution is -2.11. The van der Waals surface area contributed by atoms with Gasteiger partial charge in [0.25, 0.3) is 0 Å². The number of rotatable bonds is 6. The first-order valence-corrected chi connectivity index (χ1v) is 19.5. The molecule has 0 unspecified atom stereocenters. The molecule has 0 bridgehead atoms. The van der Waals surface area contributed by atoms with Gasteiger partial charge in [-0.15, -0.1) is 11.3 Å². The molecule has 258 valence electrons. The van der Waals surface area contributed by atoms with E-state index in [2.05, 4.69) is 193 Å². The molecule has 0 saturated carbocycles. The topological polar surface area (TPSA) is 16.4 Å². The van der Waals surface area contributed by atoms with Crippen LogP contribution in [0.15, 0.2) is 205 Å². The van der Waals surface area contributed by atoms with E-state index >= 15 is 0 Å². The van der Waals surface area contributed by atoms with E-state index in [1.807, 2.05) is 23.5 Å². The van der Waals surface area contributed by atoms with Crippen molar-refractivity contribution in [1.29, 1.82) is 0 Å². The Hall–Kier alpha value is -6.94. The normalized spacial score (nSPS) is 11.6. The number of nitrogens with zero attached hydrogens (tertiary/aromatic N) is 1. The maximum Gasteiger partial charge on any atom is 0.136 e. The second kappa shape index (κ2) is 12.9. The Morgan fingerprint density at radius 1 is 0.364 bits per heavy atom. The van der Waals surface area contributed by atoms with Crippen molar-refractivity contribution in [3.63, 3.8) is 0 Å². The van der Waals surface area contributed by atoms with Crippen LogP contribution in [0.1, 0.15) is 0 Å². The third-order valence-electron chi connectivity index (χ3n) is 10.9. The summed E-state index contributed by atoms with van der Waals surface area (Å²) in [6.07, 6.45) is 0. The summed E-state index contributed by atoms with van der Waals surface area (Å²) in [6, 6.07) is 72.3. The van der Waals surface area contributed by atoms with Crippen LogP contribution in [0.2, 0.25) is 0 Å². The lowest BCUT2D eigenvalue weighted by molar-refractivity contribution is 0.669. The predicted octanol–water partition coefficient (Wildman–Crippen LogP) is 15.6. The van der Waals surface area contributed by atoms with E-state index in [0.29, 0.717) is 0 Å². The minimum atomic E-state index is 0.889. The number of thiophene rings is 1. The summed E-state index contributed by atoms with van der Waals surface area (Å²) in [5, 5.41) is 7.29. The quantitative estimate of drug-likeness (QED) is 0.170. The van der Waals surface area contributed by atoms with Crippen LogP contribution in [-0.2, 0) is 0 Å². The smallest absolute Gasteiger partial charge is 0.136 e. The molecule has 11 aromatic rings. The van der Waals surface area contributed by atoms with Crippen molar-refractivity contribution in [2.75, 3.05) is 4.90 Å². The minimum Gasteiger partial charge on any atom is -0.456 e. The molecule has 0 aliphatic carbocycles. The molecular weight excluding hydrogens is 687 g/mol. The van der Waals surface area contributed by atoms with Crippen LogP contribution in [0.3, 0.4) is 0 Å². The number of fused-ring (bicyclic) bond motifs is 7. The van der Waals surface area contributed by atoms with Crippen molar-refractivity contribution in [3.05, 3.63) is 200 Å². The zero-order valence-electron chi connectivity index (χ0n) is 29.8. The molecule has 2 heterocycles. The van der Waals surface area contributed by atoms with Gasteiger partial charge < -0.3 is 9.32 Å². The molecule has 9 aromatic carbocycles. The van der Waals surface area contributed by atoms with Gasteiger partial charge in [-0.3, -0.25) is 0 Å². The average molecular weight is 720 g/mol. The summed E-state index contributed by atoms with van der Waals surface area (Å²) >= 11 is 1.85. The molecule has 0 radical (unpaired) electrons. The van der Waals surface area contributed by atoms with Crippen LogP contribution in [0.4, 0.5) is 17.1 Å². The van der Waals surface area contributed by atoms with Crippen LogP contribution < -0.4 is 4.90 Å². The largest absolute Gasteiger partial charge is 0.456 e. The fraction of sp³-hybridized carbons (Fsp3) is 0. The lowest BCUT2D eigenvalue weighted by Gasteiger charge is -2.29. The molecule has 0 amide bonds. The molecule has 2 aromatic heterocycles. The van der Waals surface area contributed by atoms with Crippen molar-refractivity contribution >= 4 is 81.3 Å². The average Bonchev–Trinajstić information content (AvgIpc) is 3.83. The Balaban J connectivity index is 1.09. The fourth-order valence-corrected chi connectivity index (χ4v) is 9.42. The minimum absolute atomic E-state index is 0.889. The van der Waals surface area contributed by atoms with Gasteiger partial charge in [0.15, 0.2) is 0 Å². The summed E-state index contributed by atoms with van der Waals surface area (Å²) in [6.45, 7) is 0. The maximum absolute atomic E-state index is 6.39. The Morgan fingerprint density at radius 2 is 0.964 bits per heavy atom. The van der Waals surface area contributed by atoms with Crippen molar-refractivity contribution in [1.82, 2.24) is 0 Å². The number of benzene rings is 9. The number of anilines is 3. The van der Waals surface area contributed by atoms with E-state index in [9.17, 15) is 0 Å². The monoisotopic (exact) mass is 719 g/mol. The zero-order valence-corrected chi connectivity index (χ0v) is 30.6. The van der Waals surface area contributed by atoms with Gasteiger partial charge in [-0.2, -0.15) is 0 Å². The van der Waals surface area contributed by atoms with E-state index in [0.717, 1.165) is 50.1 Å². The second-order valence-corrected chi connectivity index (χ2v) is 15.1. The highest BCUT2D eigenvalue weighted by Gasteiger charge is 2.22. The first-order chi connectivity index (χ1) is 27.3. The van der Waals surface area contributed by atoms with Gasteiger partial charge in [0, 0.05) is 42.2 Å². The molecule has 55 heavy (non-hydrogen) atoms. The SMILES string of the molecule is c1ccc(-c2ccc3ccccc3c2)c(-c2ccc(N(c3ccccc3-c3ccc4c(c3)oc3ccccc34)c3cccc4sc5ccccc5c34)cc2)c1. The Kier molecular flexibility index (Phi) is 7.39. The molecule has 11 rings (SSSR count). The number of furan rings is 1. The van der Waals surface area contributed by atoms with Crippen molar-refractivity contribution in [3.8, 4) is 33.4 Å². The Bertz CT molecular complexity index is 3220. The van der Waals surface area contributed by atoms with Crippen molar-refractivity contribution in [2.24, 2.45) is 0 Å². The van der Waals surface area contributed by atoms with Crippen LogP contribution in [0.5, 0.6) is 0 Å². The molecule has 0 N–H and O–H groups in total. The summed E-state index contributed by atoms with van der Waals surface area (Å²) < 4.78 is 8.94. The van der Waals surface area contributed by atoms with E-state index in [1.54, 1.807) is 0 Å². The molecule has 3 heteroatoms. The highest BCUT2D eigenvalue weighted by molar-refractivity contribution is 7.26. The van der Waals surface area contributed by atoms with Crippen molar-refractivity contribution in [2.45, 2.75) is 0 Å². The second-order valence-electron chi connectivity index (χ2n) is 14.1. The van der Waals surface area contributed by atoms with Gasteiger partial charge in [-0.1, -0.05) is 140 Å². The molecule has 0 aliphatic heterocycles. The van der Waals surface area contributed by atoms with Gasteiger partial charge >= 0.3 is 0 Å². The summed E-state index contributed by atoms with van der Waals surface area (Å²) in [7, 11) is 0. The van der Waals surface area contributed by atoms with Gasteiger partial charge in [0.2, 0.25) is 0 Å². The maximum atomic E-state index is 6.39. The highest BCUT2D eigenvalue weighted by atomic mass is 32.1. The molecule has 0 saturated heterocycles. The molecule has 0 fully saturated rings. The van der Waals surface area contributed by atoms with Crippen LogP contribution in [0.25, 0.3) is 86.3 Å². The van der Waals surface area contributed by atoms with Gasteiger partial charge in [0.05, 0.1) is 11.4 Å². The van der Waals surface area contributed by atoms with Crippen LogP contribution in [0, 0.1) is 0 Å². The molecule has 0 aliphatic rings. The van der Waals surface area contributed by atoms with E-state index in [4.69, 9.17) is 4.42 Å². The van der Waals surface area contributed by atoms with E-state index in [1.165, 1.54) is 53.2 Å². The van der Waals surface area contributed by atoms with Crippen LogP contribution in [-0.4, -0.2) is 0 Å². The molecule has 0 spiro atoms. The summed E-state index contributed by atoms with van der Waals surface area (Å²) in [5.74, 6) is 0. The lowest BCUT2D eigenvalue weighted by atomic mass is 9.93. The molecule has 2 nitrogen and oxygen atoms in total. The highest BCUT2D eigenvalue weighted by Crippen LogP contribution is 2.48. The fourth-order valence-electron chi connectivity index (χ4n) is 8.29. The number of hydrogen-bond donors (Lipinski definition) is 0. The summed E-state index contributed by atoms with van der Waals surface area (Å²) in [5.41, 5.74) is 12.2. The summed E-state index contributed by atoms with van der Waals surface area (Å²) in [4.78, 5) is 2.44. The first-order valence-electron chi connectivity index (χ1n) is 18.7. The standard InChI is InChI=1S/C52H33NOS/c1-2-13-36-32-37(25-24-34(36)12-1)41-15-4-3-14-40(41)35-26-29-39(30-27-35)53(47-20-11-23-51-52(47)45-18-7-10-22-50(45)55-51)46-19-8-5-16-42(46)38-28-31-44-43-17-6-9-21-48(43)54-49(44)33-38/h1-33H. The van der Waals surface area contributed by atoms with Gasteiger partial charge in [0.1, 0.15) is 11.2 Å². The third kappa shape index (κ3) is 5.32. The Morgan fingerprint density at radius 3 is 1.84 bits per heavy atom. The number of hydrogen-bond acceptors (Lipinski definition) is 3. The Labute approximate surface area is 322 Å². The first kappa shape index (κ1) is 31.6. The van der Waals surface area contributed by atoms with Crippen LogP contribution >= 0.6 is 11.3 Å². The predicted molar refractivity (Wildman–Crippen MR) is 235 cm³/mol. The van der Waals surface area contributed by atoms with E-state index in [-0.39, 0.29) is 0 Å². The molecule has 0 atom stereocenters. The van der Waals surface area contributed by atoms with E-state index < -0.39 is 0 Å². The molecular formula is C52H33NOS. The third-order valence-corrected chi connectivity index (χ3v) is 12.0.